The van der Waals surface area contributed by atoms with E-state index in [1.807, 2.05) is 56.3 Å². The summed E-state index contributed by atoms with van der Waals surface area (Å²) in [6, 6.07) is 14.1. The van der Waals surface area contributed by atoms with E-state index in [1.54, 1.807) is 0 Å². The molecule has 3 nitrogen and oxygen atoms in total. The van der Waals surface area contributed by atoms with Crippen molar-refractivity contribution in [2.24, 2.45) is 0 Å². The van der Waals surface area contributed by atoms with Crippen molar-refractivity contribution in [3.63, 3.8) is 0 Å². The zero-order chi connectivity index (χ0) is 17.7. The van der Waals surface area contributed by atoms with Crippen LogP contribution in [-0.2, 0) is 4.79 Å². The molecule has 0 bridgehead atoms. The Morgan fingerprint density at radius 2 is 1.71 bits per heavy atom. The van der Waals surface area contributed by atoms with Crippen molar-refractivity contribution in [2.75, 3.05) is 6.61 Å². The minimum absolute atomic E-state index is 0.00414. The first-order chi connectivity index (χ1) is 11.4. The van der Waals surface area contributed by atoms with Crippen LogP contribution >= 0.6 is 15.9 Å². The van der Waals surface area contributed by atoms with Crippen LogP contribution in [0, 0.1) is 6.92 Å². The number of aryl methyl sites for hydroxylation is 1. The minimum atomic E-state index is -0.136. The fraction of sp³-hybridized carbons (Fsp3) is 0.350. The number of carbonyl (C=O) groups is 1. The summed E-state index contributed by atoms with van der Waals surface area (Å²) in [4.78, 5) is 12.1. The molecule has 2 aromatic rings. The van der Waals surface area contributed by atoms with Gasteiger partial charge in [0.1, 0.15) is 5.75 Å². The molecule has 24 heavy (non-hydrogen) atoms. The van der Waals surface area contributed by atoms with Crippen LogP contribution in [0.1, 0.15) is 49.4 Å². The van der Waals surface area contributed by atoms with E-state index in [0.29, 0.717) is 11.7 Å². The van der Waals surface area contributed by atoms with Gasteiger partial charge in [-0.15, -0.1) is 0 Å². The van der Waals surface area contributed by atoms with E-state index in [4.69, 9.17) is 4.74 Å². The lowest BCUT2D eigenvalue weighted by Crippen LogP contribution is -2.31. The summed E-state index contributed by atoms with van der Waals surface area (Å²) in [7, 11) is 0. The number of hydrogen-bond acceptors (Lipinski definition) is 2. The lowest BCUT2D eigenvalue weighted by atomic mass is 10.0. The van der Waals surface area contributed by atoms with Gasteiger partial charge in [-0.05, 0) is 59.0 Å². The molecule has 0 saturated heterocycles. The van der Waals surface area contributed by atoms with Gasteiger partial charge in [-0.3, -0.25) is 4.79 Å². The average molecular weight is 390 g/mol. The first kappa shape index (κ1) is 18.5. The normalized spacial score (nSPS) is 12.1. The Balaban J connectivity index is 1.90. The van der Waals surface area contributed by atoms with Gasteiger partial charge in [0, 0.05) is 0 Å². The number of rotatable bonds is 6. The van der Waals surface area contributed by atoms with Crippen LogP contribution in [0.4, 0.5) is 0 Å². The quantitative estimate of drug-likeness (QED) is 0.742. The number of amides is 1. The molecule has 1 amide bonds. The van der Waals surface area contributed by atoms with Crippen molar-refractivity contribution < 1.29 is 9.53 Å². The molecule has 0 saturated carbocycles. The summed E-state index contributed by atoms with van der Waals surface area (Å²) in [5.74, 6) is 0.995. The maximum absolute atomic E-state index is 12.1. The number of carbonyl (C=O) groups excluding carboxylic acids is 1. The molecule has 0 aliphatic heterocycles. The molecule has 128 valence electrons. The molecule has 1 atom stereocenters. The van der Waals surface area contributed by atoms with E-state index in [0.717, 1.165) is 10.0 Å². The van der Waals surface area contributed by atoms with Crippen molar-refractivity contribution in [3.05, 3.63) is 63.6 Å². The van der Waals surface area contributed by atoms with Gasteiger partial charge < -0.3 is 10.1 Å². The molecule has 0 heterocycles. The van der Waals surface area contributed by atoms with Crippen LogP contribution in [0.3, 0.4) is 0 Å². The van der Waals surface area contributed by atoms with Crippen LogP contribution in [0.2, 0.25) is 0 Å². The minimum Gasteiger partial charge on any atom is -0.483 e. The van der Waals surface area contributed by atoms with Crippen LogP contribution < -0.4 is 10.1 Å². The SMILES string of the molecule is Cc1ccc([C@H](C)NC(=O)COc2ccc(C(C)C)cc2Br)cc1. The van der Waals surface area contributed by atoms with Crippen LogP contribution in [-0.4, -0.2) is 12.5 Å². The smallest absolute Gasteiger partial charge is 0.258 e. The highest BCUT2D eigenvalue weighted by Crippen LogP contribution is 2.28. The monoisotopic (exact) mass is 389 g/mol. The van der Waals surface area contributed by atoms with Gasteiger partial charge in [0.15, 0.2) is 6.61 Å². The van der Waals surface area contributed by atoms with Crippen LogP contribution in [0.15, 0.2) is 46.9 Å². The molecule has 0 aliphatic carbocycles. The summed E-state index contributed by atoms with van der Waals surface area (Å²) in [6.45, 7) is 8.29. The predicted molar refractivity (Wildman–Crippen MR) is 101 cm³/mol. The average Bonchev–Trinajstić information content (AvgIpc) is 2.54. The second-order valence-electron chi connectivity index (χ2n) is 6.33. The molecule has 4 heteroatoms. The Morgan fingerprint density at radius 1 is 1.08 bits per heavy atom. The fourth-order valence-corrected chi connectivity index (χ4v) is 2.87. The highest BCUT2D eigenvalue weighted by atomic mass is 79.9. The van der Waals surface area contributed by atoms with Crippen LogP contribution in [0.5, 0.6) is 5.75 Å². The Labute approximate surface area is 152 Å². The topological polar surface area (TPSA) is 38.3 Å². The third-order valence-electron chi connectivity index (χ3n) is 3.94. The van der Waals surface area contributed by atoms with Crippen molar-refractivity contribution >= 4 is 21.8 Å². The van der Waals surface area contributed by atoms with Gasteiger partial charge in [0.05, 0.1) is 10.5 Å². The van der Waals surface area contributed by atoms with Crippen molar-refractivity contribution in [3.8, 4) is 5.75 Å². The molecular weight excluding hydrogens is 366 g/mol. The maximum Gasteiger partial charge on any atom is 0.258 e. The number of nitrogens with one attached hydrogen (secondary N) is 1. The second-order valence-corrected chi connectivity index (χ2v) is 7.19. The van der Waals surface area contributed by atoms with Gasteiger partial charge in [-0.25, -0.2) is 0 Å². The molecule has 0 spiro atoms. The zero-order valence-electron chi connectivity index (χ0n) is 14.6. The molecule has 0 unspecified atom stereocenters. The van der Waals surface area contributed by atoms with Crippen LogP contribution in [0.25, 0.3) is 0 Å². The Hall–Kier alpha value is -1.81. The lowest BCUT2D eigenvalue weighted by Gasteiger charge is -2.16. The van der Waals surface area contributed by atoms with E-state index < -0.39 is 0 Å². The summed E-state index contributed by atoms with van der Waals surface area (Å²) in [6.07, 6.45) is 0. The number of benzene rings is 2. The van der Waals surface area contributed by atoms with Gasteiger partial charge in [0.25, 0.3) is 5.91 Å². The summed E-state index contributed by atoms with van der Waals surface area (Å²) in [5, 5.41) is 2.96. The van der Waals surface area contributed by atoms with E-state index in [2.05, 4.69) is 35.1 Å². The largest absolute Gasteiger partial charge is 0.483 e. The Bertz CT molecular complexity index is 695. The summed E-state index contributed by atoms with van der Waals surface area (Å²) >= 11 is 3.50. The Morgan fingerprint density at radius 3 is 2.29 bits per heavy atom. The van der Waals surface area contributed by atoms with Gasteiger partial charge in [-0.1, -0.05) is 49.7 Å². The van der Waals surface area contributed by atoms with Gasteiger partial charge in [-0.2, -0.15) is 0 Å². The third kappa shape index (κ3) is 5.10. The van der Waals surface area contributed by atoms with Crippen molar-refractivity contribution in [1.82, 2.24) is 5.32 Å². The van der Waals surface area contributed by atoms with Gasteiger partial charge in [0.2, 0.25) is 0 Å². The molecule has 0 aromatic heterocycles. The highest BCUT2D eigenvalue weighted by molar-refractivity contribution is 9.10. The maximum atomic E-state index is 12.1. The molecular formula is C20H24BrNO2. The molecule has 0 aliphatic rings. The van der Waals surface area contributed by atoms with Crippen molar-refractivity contribution in [1.29, 1.82) is 0 Å². The molecule has 2 aromatic carbocycles. The van der Waals surface area contributed by atoms with Gasteiger partial charge >= 0.3 is 0 Å². The molecule has 0 fully saturated rings. The zero-order valence-corrected chi connectivity index (χ0v) is 16.2. The number of ether oxygens (including phenoxy) is 1. The highest BCUT2D eigenvalue weighted by Gasteiger charge is 2.11. The second kappa shape index (κ2) is 8.34. The van der Waals surface area contributed by atoms with E-state index in [1.165, 1.54) is 11.1 Å². The van der Waals surface area contributed by atoms with Crippen molar-refractivity contribution in [2.45, 2.75) is 39.7 Å². The fourth-order valence-electron chi connectivity index (χ4n) is 2.36. The first-order valence-corrected chi connectivity index (χ1v) is 8.94. The summed E-state index contributed by atoms with van der Waals surface area (Å²) < 4.78 is 6.50. The first-order valence-electron chi connectivity index (χ1n) is 8.15. The molecule has 2 rings (SSSR count). The molecule has 1 N–H and O–H groups in total. The lowest BCUT2D eigenvalue weighted by molar-refractivity contribution is -0.123. The standard InChI is InChI=1S/C20H24BrNO2/c1-13(2)17-9-10-19(18(21)11-17)24-12-20(23)22-15(4)16-7-5-14(3)6-8-16/h5-11,13,15H,12H2,1-4H3,(H,22,23)/t15-/m0/s1. The van der Waals surface area contributed by atoms with E-state index >= 15 is 0 Å². The number of hydrogen-bond donors (Lipinski definition) is 1. The summed E-state index contributed by atoms with van der Waals surface area (Å²) in [5.41, 5.74) is 3.51. The Kier molecular flexibility index (Phi) is 6.44. The van der Waals surface area contributed by atoms with E-state index in [-0.39, 0.29) is 18.6 Å². The predicted octanol–water partition coefficient (Wildman–Crippen LogP) is 5.14. The third-order valence-corrected chi connectivity index (χ3v) is 4.56. The van der Waals surface area contributed by atoms with E-state index in [9.17, 15) is 4.79 Å². The molecule has 0 radical (unpaired) electrons. The number of halogens is 1.